The number of benzene rings is 2. The van der Waals surface area contributed by atoms with Crippen LogP contribution in [0.15, 0.2) is 59.2 Å². The zero-order valence-corrected chi connectivity index (χ0v) is 13.3. The lowest BCUT2D eigenvalue weighted by molar-refractivity contribution is 0.484. The molecular formula is C17H18ClN3O. The van der Waals surface area contributed by atoms with Crippen molar-refractivity contribution in [3.63, 3.8) is 0 Å². The van der Waals surface area contributed by atoms with E-state index < -0.39 is 0 Å². The predicted molar refractivity (Wildman–Crippen MR) is 93.1 cm³/mol. The summed E-state index contributed by atoms with van der Waals surface area (Å²) in [6.07, 6.45) is 1.79. The molecule has 114 valence electrons. The Kier molecular flexibility index (Phi) is 5.07. The van der Waals surface area contributed by atoms with E-state index in [0.717, 1.165) is 5.71 Å². The summed E-state index contributed by atoms with van der Waals surface area (Å²) in [7, 11) is 0. The van der Waals surface area contributed by atoms with Gasteiger partial charge in [-0.2, -0.15) is 0 Å². The lowest BCUT2D eigenvalue weighted by Crippen LogP contribution is -1.95. The standard InChI is InChI=1S/C17H18ClN3O/c1-11(19)8-12(2)21-16-7-6-14(20)10-17(16)22-15-5-3-4-13(18)9-15/h3-10H,19-20H2,1-2H3. The van der Waals surface area contributed by atoms with Crippen molar-refractivity contribution < 1.29 is 4.74 Å². The molecule has 2 aromatic carbocycles. The average Bonchev–Trinajstić information content (AvgIpc) is 2.41. The maximum atomic E-state index is 5.97. The fourth-order valence-electron chi connectivity index (χ4n) is 1.91. The molecule has 0 aromatic heterocycles. The average molecular weight is 316 g/mol. The van der Waals surface area contributed by atoms with Gasteiger partial charge in [-0.25, -0.2) is 4.99 Å². The zero-order valence-electron chi connectivity index (χ0n) is 12.5. The molecule has 22 heavy (non-hydrogen) atoms. The normalized spacial score (nSPS) is 12.3. The molecule has 2 rings (SSSR count). The number of nitrogens with two attached hydrogens (primary N) is 2. The van der Waals surface area contributed by atoms with Crippen LogP contribution in [-0.2, 0) is 0 Å². The smallest absolute Gasteiger partial charge is 0.155 e. The van der Waals surface area contributed by atoms with Crippen LogP contribution >= 0.6 is 11.6 Å². The van der Waals surface area contributed by atoms with Crippen molar-refractivity contribution in [3.8, 4) is 11.5 Å². The Labute approximate surface area is 135 Å². The maximum Gasteiger partial charge on any atom is 0.155 e. The number of ether oxygens (including phenoxy) is 1. The monoisotopic (exact) mass is 315 g/mol. The van der Waals surface area contributed by atoms with Crippen molar-refractivity contribution in [2.45, 2.75) is 13.8 Å². The molecule has 0 radical (unpaired) electrons. The molecule has 0 unspecified atom stereocenters. The second-order valence-corrected chi connectivity index (χ2v) is 5.36. The summed E-state index contributed by atoms with van der Waals surface area (Å²) in [6.45, 7) is 3.68. The summed E-state index contributed by atoms with van der Waals surface area (Å²) in [5, 5.41) is 0.601. The Balaban J connectivity index is 2.38. The number of aliphatic imine (C=N–C) groups is 1. The highest BCUT2D eigenvalue weighted by Gasteiger charge is 2.06. The van der Waals surface area contributed by atoms with Gasteiger partial charge in [0.15, 0.2) is 5.75 Å². The molecule has 0 saturated carbocycles. The molecule has 0 amide bonds. The third-order valence-corrected chi connectivity index (χ3v) is 2.98. The molecule has 5 heteroatoms. The van der Waals surface area contributed by atoms with Crippen molar-refractivity contribution in [3.05, 3.63) is 59.3 Å². The van der Waals surface area contributed by atoms with E-state index in [9.17, 15) is 0 Å². The van der Waals surface area contributed by atoms with Crippen LogP contribution in [0, 0.1) is 0 Å². The Morgan fingerprint density at radius 1 is 1.18 bits per heavy atom. The zero-order chi connectivity index (χ0) is 16.1. The number of hydrogen-bond acceptors (Lipinski definition) is 4. The largest absolute Gasteiger partial charge is 0.455 e. The number of anilines is 1. The van der Waals surface area contributed by atoms with Gasteiger partial charge in [-0.15, -0.1) is 0 Å². The van der Waals surface area contributed by atoms with Gasteiger partial charge in [0.05, 0.1) is 0 Å². The molecule has 0 atom stereocenters. The van der Waals surface area contributed by atoms with Crippen LogP contribution in [0.25, 0.3) is 0 Å². The third kappa shape index (κ3) is 4.53. The molecule has 0 heterocycles. The summed E-state index contributed by atoms with van der Waals surface area (Å²) < 4.78 is 5.85. The predicted octanol–water partition coefficient (Wildman–Crippen LogP) is 4.67. The van der Waals surface area contributed by atoms with E-state index in [4.69, 9.17) is 27.8 Å². The van der Waals surface area contributed by atoms with Gasteiger partial charge in [0.25, 0.3) is 0 Å². The van der Waals surface area contributed by atoms with Crippen LogP contribution in [0.4, 0.5) is 11.4 Å². The van der Waals surface area contributed by atoms with Gasteiger partial charge in [-0.1, -0.05) is 17.7 Å². The van der Waals surface area contributed by atoms with Crippen LogP contribution in [0.2, 0.25) is 5.02 Å². The number of nitrogen functional groups attached to an aromatic ring is 1. The lowest BCUT2D eigenvalue weighted by atomic mass is 10.2. The lowest BCUT2D eigenvalue weighted by Gasteiger charge is -2.10. The molecule has 0 aliphatic carbocycles. The van der Waals surface area contributed by atoms with Crippen molar-refractivity contribution in [2.24, 2.45) is 10.7 Å². The Hall–Kier alpha value is -2.46. The van der Waals surface area contributed by atoms with Crippen LogP contribution < -0.4 is 16.2 Å². The number of nitrogens with zero attached hydrogens (tertiary/aromatic N) is 1. The Morgan fingerprint density at radius 3 is 2.64 bits per heavy atom. The second-order valence-electron chi connectivity index (χ2n) is 4.93. The van der Waals surface area contributed by atoms with Crippen molar-refractivity contribution >= 4 is 28.7 Å². The first-order chi connectivity index (χ1) is 10.4. The molecule has 0 spiro atoms. The molecular weight excluding hydrogens is 298 g/mol. The van der Waals surface area contributed by atoms with Gasteiger partial charge in [-0.3, -0.25) is 0 Å². The van der Waals surface area contributed by atoms with Crippen molar-refractivity contribution in [1.29, 1.82) is 0 Å². The quantitative estimate of drug-likeness (QED) is 0.636. The number of allylic oxidation sites excluding steroid dienone is 2. The Morgan fingerprint density at radius 2 is 1.95 bits per heavy atom. The van der Waals surface area contributed by atoms with Crippen LogP contribution in [0.3, 0.4) is 0 Å². The van der Waals surface area contributed by atoms with Gasteiger partial charge >= 0.3 is 0 Å². The van der Waals surface area contributed by atoms with Gasteiger partial charge in [0, 0.05) is 28.2 Å². The van der Waals surface area contributed by atoms with E-state index in [1.165, 1.54) is 0 Å². The molecule has 0 aliphatic rings. The highest BCUT2D eigenvalue weighted by molar-refractivity contribution is 6.30. The third-order valence-electron chi connectivity index (χ3n) is 2.74. The topological polar surface area (TPSA) is 73.6 Å². The van der Waals surface area contributed by atoms with E-state index in [1.54, 1.807) is 36.4 Å². The number of halogens is 1. The SMILES string of the molecule is CC(N)=CC(C)=Nc1ccc(N)cc1Oc1cccc(Cl)c1. The van der Waals surface area contributed by atoms with E-state index in [2.05, 4.69) is 4.99 Å². The summed E-state index contributed by atoms with van der Waals surface area (Å²) >= 11 is 5.97. The summed E-state index contributed by atoms with van der Waals surface area (Å²) in [4.78, 5) is 4.51. The van der Waals surface area contributed by atoms with E-state index in [-0.39, 0.29) is 0 Å². The van der Waals surface area contributed by atoms with Crippen LogP contribution in [0.5, 0.6) is 11.5 Å². The molecule has 4 nitrogen and oxygen atoms in total. The summed E-state index contributed by atoms with van der Waals surface area (Å²) in [6, 6.07) is 12.5. The first-order valence-electron chi connectivity index (χ1n) is 6.76. The van der Waals surface area contributed by atoms with E-state index in [0.29, 0.717) is 33.6 Å². The van der Waals surface area contributed by atoms with Gasteiger partial charge < -0.3 is 16.2 Å². The van der Waals surface area contributed by atoms with Crippen LogP contribution in [0.1, 0.15) is 13.8 Å². The van der Waals surface area contributed by atoms with Gasteiger partial charge in [-0.05, 0) is 50.3 Å². The van der Waals surface area contributed by atoms with Gasteiger partial charge in [0.2, 0.25) is 0 Å². The molecule has 0 fully saturated rings. The fraction of sp³-hybridized carbons (Fsp3) is 0.118. The first-order valence-corrected chi connectivity index (χ1v) is 7.14. The fourth-order valence-corrected chi connectivity index (χ4v) is 2.09. The summed E-state index contributed by atoms with van der Waals surface area (Å²) in [5.41, 5.74) is 14.2. The van der Waals surface area contributed by atoms with E-state index >= 15 is 0 Å². The van der Waals surface area contributed by atoms with E-state index in [1.807, 2.05) is 26.0 Å². The van der Waals surface area contributed by atoms with Crippen LogP contribution in [-0.4, -0.2) is 5.71 Å². The van der Waals surface area contributed by atoms with Crippen molar-refractivity contribution in [1.82, 2.24) is 0 Å². The molecule has 0 bridgehead atoms. The minimum absolute atomic E-state index is 0.560. The second kappa shape index (κ2) is 7.00. The minimum atomic E-state index is 0.560. The van der Waals surface area contributed by atoms with Gasteiger partial charge in [0.1, 0.15) is 11.4 Å². The maximum absolute atomic E-state index is 5.97. The number of rotatable bonds is 4. The highest BCUT2D eigenvalue weighted by atomic mass is 35.5. The van der Waals surface area contributed by atoms with Crippen molar-refractivity contribution in [2.75, 3.05) is 5.73 Å². The molecule has 0 aliphatic heterocycles. The molecule has 2 aromatic rings. The number of hydrogen-bond donors (Lipinski definition) is 2. The Bertz CT molecular complexity index is 734. The first kappa shape index (κ1) is 15.9. The summed E-state index contributed by atoms with van der Waals surface area (Å²) in [5.74, 6) is 1.18. The molecule has 0 saturated heterocycles. The highest BCUT2D eigenvalue weighted by Crippen LogP contribution is 2.34. The molecule has 4 N–H and O–H groups in total. The minimum Gasteiger partial charge on any atom is -0.455 e.